The molecule has 1 rings (SSSR count). The Morgan fingerprint density at radius 1 is 1.39 bits per heavy atom. The van der Waals surface area contributed by atoms with E-state index in [1.807, 2.05) is 0 Å². The molecule has 0 saturated heterocycles. The van der Waals surface area contributed by atoms with Crippen molar-refractivity contribution in [3.8, 4) is 17.6 Å². The van der Waals surface area contributed by atoms with Crippen molar-refractivity contribution in [1.82, 2.24) is 0 Å². The van der Waals surface area contributed by atoms with Crippen LogP contribution in [-0.4, -0.2) is 25.6 Å². The number of amides is 1. The summed E-state index contributed by atoms with van der Waals surface area (Å²) in [4.78, 5) is 22.3. The molecular formula is C13H13NO4. The summed E-state index contributed by atoms with van der Waals surface area (Å²) in [6, 6.07) is 4.66. The predicted octanol–water partition coefficient (Wildman–Crippen LogP) is 0.709. The van der Waals surface area contributed by atoms with Crippen LogP contribution in [-0.2, 0) is 9.53 Å². The maximum atomic E-state index is 11.2. The monoisotopic (exact) mass is 247 g/mol. The average molecular weight is 247 g/mol. The van der Waals surface area contributed by atoms with Gasteiger partial charge >= 0.3 is 5.97 Å². The second-order valence-electron chi connectivity index (χ2n) is 3.25. The number of benzene rings is 1. The Hall–Kier alpha value is -2.48. The second kappa shape index (κ2) is 6.30. The Bertz CT molecular complexity index is 526. The zero-order chi connectivity index (χ0) is 13.5. The van der Waals surface area contributed by atoms with Crippen LogP contribution in [0.1, 0.15) is 22.8 Å². The lowest BCUT2D eigenvalue weighted by molar-refractivity contribution is -0.136. The maximum Gasteiger partial charge on any atom is 0.384 e. The van der Waals surface area contributed by atoms with E-state index in [1.54, 1.807) is 19.1 Å². The first-order chi connectivity index (χ1) is 8.58. The van der Waals surface area contributed by atoms with E-state index in [4.69, 9.17) is 10.5 Å². The molecule has 1 amide bonds. The molecule has 0 radical (unpaired) electrons. The molecule has 2 N–H and O–H groups in total. The fourth-order valence-electron chi connectivity index (χ4n) is 1.25. The molecule has 0 bridgehead atoms. The van der Waals surface area contributed by atoms with Gasteiger partial charge in [0.1, 0.15) is 5.75 Å². The molecule has 0 aliphatic carbocycles. The van der Waals surface area contributed by atoms with Gasteiger partial charge in [0.2, 0.25) is 5.91 Å². The third-order valence-corrected chi connectivity index (χ3v) is 2.07. The fraction of sp³-hybridized carbons (Fsp3) is 0.231. The zero-order valence-electron chi connectivity index (χ0n) is 10.1. The first-order valence-electron chi connectivity index (χ1n) is 5.25. The summed E-state index contributed by atoms with van der Waals surface area (Å²) < 4.78 is 9.63. The van der Waals surface area contributed by atoms with Crippen molar-refractivity contribution in [1.29, 1.82) is 0 Å². The van der Waals surface area contributed by atoms with E-state index in [2.05, 4.69) is 16.6 Å². The number of carbonyl (C=O) groups excluding carboxylic acids is 2. The van der Waals surface area contributed by atoms with Crippen LogP contribution in [0.2, 0.25) is 0 Å². The average Bonchev–Trinajstić information content (AvgIpc) is 2.36. The van der Waals surface area contributed by atoms with Crippen LogP contribution in [0, 0.1) is 11.8 Å². The smallest absolute Gasteiger partial charge is 0.384 e. The highest BCUT2D eigenvalue weighted by Crippen LogP contribution is 2.16. The van der Waals surface area contributed by atoms with Gasteiger partial charge in [-0.2, -0.15) is 0 Å². The third kappa shape index (κ3) is 3.52. The Morgan fingerprint density at radius 2 is 2.11 bits per heavy atom. The van der Waals surface area contributed by atoms with Crippen molar-refractivity contribution in [2.75, 3.05) is 13.7 Å². The minimum absolute atomic E-state index is 0.200. The van der Waals surface area contributed by atoms with Crippen molar-refractivity contribution in [2.24, 2.45) is 5.73 Å². The van der Waals surface area contributed by atoms with Crippen molar-refractivity contribution < 1.29 is 19.1 Å². The van der Waals surface area contributed by atoms with Gasteiger partial charge in [0, 0.05) is 11.5 Å². The highest BCUT2D eigenvalue weighted by Gasteiger charge is 2.08. The molecule has 1 aromatic carbocycles. The molecule has 94 valence electrons. The molecule has 18 heavy (non-hydrogen) atoms. The quantitative estimate of drug-likeness (QED) is 0.630. The fourth-order valence-corrected chi connectivity index (χ4v) is 1.25. The summed E-state index contributed by atoms with van der Waals surface area (Å²) >= 11 is 0. The third-order valence-electron chi connectivity index (χ3n) is 2.07. The molecule has 0 aliphatic rings. The van der Waals surface area contributed by atoms with E-state index >= 15 is 0 Å². The molecule has 0 saturated carbocycles. The Morgan fingerprint density at radius 3 is 2.67 bits per heavy atom. The van der Waals surface area contributed by atoms with Crippen LogP contribution in [0.3, 0.4) is 0 Å². The highest BCUT2D eigenvalue weighted by molar-refractivity contribution is 5.97. The lowest BCUT2D eigenvalue weighted by Crippen LogP contribution is -2.13. The molecule has 0 fully saturated rings. The molecule has 0 aromatic heterocycles. The standard InChI is InChI=1S/C13H13NO4/c1-3-18-12(15)7-5-9-4-6-10(17-2)8-11(9)13(14)16/h4,6,8H,3H2,1-2H3,(H2,14,16). The Balaban J connectivity index is 3.08. The van der Waals surface area contributed by atoms with E-state index in [9.17, 15) is 9.59 Å². The highest BCUT2D eigenvalue weighted by atomic mass is 16.5. The van der Waals surface area contributed by atoms with Crippen molar-refractivity contribution in [3.63, 3.8) is 0 Å². The topological polar surface area (TPSA) is 78.6 Å². The number of carbonyl (C=O) groups is 2. The summed E-state index contributed by atoms with van der Waals surface area (Å²) in [6.07, 6.45) is 0. The van der Waals surface area contributed by atoms with E-state index in [0.29, 0.717) is 11.3 Å². The minimum Gasteiger partial charge on any atom is -0.497 e. The van der Waals surface area contributed by atoms with Gasteiger partial charge in [-0.1, -0.05) is 5.92 Å². The molecule has 5 nitrogen and oxygen atoms in total. The van der Waals surface area contributed by atoms with E-state index in [-0.39, 0.29) is 12.2 Å². The van der Waals surface area contributed by atoms with Crippen LogP contribution in [0.4, 0.5) is 0 Å². The van der Waals surface area contributed by atoms with Gasteiger partial charge in [0.25, 0.3) is 0 Å². The van der Waals surface area contributed by atoms with E-state index in [0.717, 1.165) is 0 Å². The van der Waals surface area contributed by atoms with Gasteiger partial charge in [-0.25, -0.2) is 4.79 Å². The molecule has 0 aliphatic heterocycles. The van der Waals surface area contributed by atoms with Crippen LogP contribution in [0.5, 0.6) is 5.75 Å². The number of ether oxygens (including phenoxy) is 2. The summed E-state index contributed by atoms with van der Waals surface area (Å²) in [7, 11) is 1.48. The molecule has 0 heterocycles. The SMILES string of the molecule is CCOC(=O)C#Cc1ccc(OC)cc1C(N)=O. The van der Waals surface area contributed by atoms with Crippen molar-refractivity contribution >= 4 is 11.9 Å². The number of primary amides is 1. The van der Waals surface area contributed by atoms with Gasteiger partial charge in [-0.3, -0.25) is 4.79 Å². The molecule has 0 spiro atoms. The van der Waals surface area contributed by atoms with Gasteiger partial charge in [-0.05, 0) is 25.1 Å². The molecule has 5 heteroatoms. The van der Waals surface area contributed by atoms with Crippen molar-refractivity contribution in [2.45, 2.75) is 6.92 Å². The van der Waals surface area contributed by atoms with Gasteiger partial charge in [0.05, 0.1) is 19.3 Å². The molecule has 1 aromatic rings. The zero-order valence-corrected chi connectivity index (χ0v) is 10.1. The lowest BCUT2D eigenvalue weighted by atomic mass is 10.1. The summed E-state index contributed by atoms with van der Waals surface area (Å²) in [6.45, 7) is 1.93. The first-order valence-corrected chi connectivity index (χ1v) is 5.25. The minimum atomic E-state index is -0.649. The first kappa shape index (κ1) is 13.6. The number of methoxy groups -OCH3 is 1. The summed E-state index contributed by atoms with van der Waals surface area (Å²) in [5.74, 6) is 4.03. The predicted molar refractivity (Wildman–Crippen MR) is 65.0 cm³/mol. The number of rotatable bonds is 3. The Labute approximate surface area is 105 Å². The van der Waals surface area contributed by atoms with Crippen LogP contribution in [0.25, 0.3) is 0 Å². The number of hydrogen-bond donors (Lipinski definition) is 1. The maximum absolute atomic E-state index is 11.2. The lowest BCUT2D eigenvalue weighted by Gasteiger charge is -2.03. The normalized spacial score (nSPS) is 9.00. The largest absolute Gasteiger partial charge is 0.497 e. The van der Waals surface area contributed by atoms with E-state index < -0.39 is 11.9 Å². The molecule has 0 atom stereocenters. The van der Waals surface area contributed by atoms with Gasteiger partial charge < -0.3 is 15.2 Å². The summed E-state index contributed by atoms with van der Waals surface area (Å²) in [5, 5.41) is 0. The number of esters is 1. The summed E-state index contributed by atoms with van der Waals surface area (Å²) in [5.41, 5.74) is 5.78. The van der Waals surface area contributed by atoms with Crippen molar-refractivity contribution in [3.05, 3.63) is 29.3 Å². The van der Waals surface area contributed by atoms with Gasteiger partial charge in [0.15, 0.2) is 0 Å². The van der Waals surface area contributed by atoms with Crippen LogP contribution < -0.4 is 10.5 Å². The second-order valence-corrected chi connectivity index (χ2v) is 3.25. The van der Waals surface area contributed by atoms with Crippen LogP contribution in [0.15, 0.2) is 18.2 Å². The van der Waals surface area contributed by atoms with E-state index in [1.165, 1.54) is 13.2 Å². The van der Waals surface area contributed by atoms with Gasteiger partial charge in [-0.15, -0.1) is 0 Å². The molecule has 0 unspecified atom stereocenters. The Kier molecular flexibility index (Phi) is 4.76. The molecular weight excluding hydrogens is 234 g/mol. The number of nitrogens with two attached hydrogens (primary N) is 1. The number of hydrogen-bond acceptors (Lipinski definition) is 4. The van der Waals surface area contributed by atoms with Crippen LogP contribution >= 0.6 is 0 Å².